The highest BCUT2D eigenvalue weighted by molar-refractivity contribution is 7.11. The summed E-state index contributed by atoms with van der Waals surface area (Å²) < 4.78 is 16.6. The van der Waals surface area contributed by atoms with Crippen LogP contribution in [0, 0.1) is 11.3 Å². The third-order valence-electron chi connectivity index (χ3n) is 4.63. The Kier molecular flexibility index (Phi) is 6.06. The van der Waals surface area contributed by atoms with E-state index in [2.05, 4.69) is 11.1 Å². The van der Waals surface area contributed by atoms with E-state index >= 15 is 0 Å². The number of fused-ring (bicyclic) bond motifs is 1. The van der Waals surface area contributed by atoms with Gasteiger partial charge in [0.1, 0.15) is 16.7 Å². The quantitative estimate of drug-likeness (QED) is 0.277. The summed E-state index contributed by atoms with van der Waals surface area (Å²) in [5.41, 5.74) is 2.05. The lowest BCUT2D eigenvalue weighted by atomic mass is 10.1. The van der Waals surface area contributed by atoms with Crippen molar-refractivity contribution in [1.82, 2.24) is 4.98 Å². The highest BCUT2D eigenvalue weighted by Crippen LogP contribution is 2.32. The lowest BCUT2D eigenvalue weighted by Crippen LogP contribution is -2.06. The second-order valence-electron chi connectivity index (χ2n) is 7.27. The molecule has 2 aromatic carbocycles. The summed E-state index contributed by atoms with van der Waals surface area (Å²) in [5.74, 6) is 1.22. The number of aromatic nitrogens is 1. The molecule has 0 aliphatic carbocycles. The van der Waals surface area contributed by atoms with Crippen molar-refractivity contribution in [3.05, 3.63) is 74.9 Å². The van der Waals surface area contributed by atoms with E-state index in [1.165, 1.54) is 11.3 Å². The molecule has 0 radical (unpaired) electrons. The number of thiazole rings is 1. The number of nitrogens with zero attached hydrogens (tertiary/aromatic N) is 2. The molecule has 160 valence electrons. The van der Waals surface area contributed by atoms with Crippen LogP contribution in [0.1, 0.15) is 24.4 Å². The topological polar surface area (TPSA) is 85.4 Å². The maximum Gasteiger partial charge on any atom is 0.345 e. The second-order valence-corrected chi connectivity index (χ2v) is 8.13. The molecule has 7 heteroatoms. The lowest BCUT2D eigenvalue weighted by Gasteiger charge is -2.14. The number of methoxy groups -OCH3 is 1. The van der Waals surface area contributed by atoms with Crippen LogP contribution in [-0.4, -0.2) is 18.2 Å². The number of allylic oxidation sites excluding steroid dienone is 1. The molecule has 6 nitrogen and oxygen atoms in total. The third kappa shape index (κ3) is 4.41. The Morgan fingerprint density at radius 2 is 2.00 bits per heavy atom. The molecule has 0 saturated carbocycles. The molecule has 0 aliphatic rings. The summed E-state index contributed by atoms with van der Waals surface area (Å²) in [6, 6.07) is 16.7. The van der Waals surface area contributed by atoms with Gasteiger partial charge in [0.05, 0.1) is 30.0 Å². The fourth-order valence-corrected chi connectivity index (χ4v) is 3.98. The number of hydrogen-bond donors (Lipinski definition) is 0. The van der Waals surface area contributed by atoms with Gasteiger partial charge >= 0.3 is 5.63 Å². The SMILES string of the molecule is COc1ccc(/C=C(\C#N)c2nc(-c3cc4ccccc4oc3=O)cs2)cc1OC(C)C. The van der Waals surface area contributed by atoms with Crippen molar-refractivity contribution in [2.75, 3.05) is 7.11 Å². The molecule has 0 fully saturated rings. The second kappa shape index (κ2) is 9.08. The summed E-state index contributed by atoms with van der Waals surface area (Å²) in [6.45, 7) is 3.87. The predicted molar refractivity (Wildman–Crippen MR) is 126 cm³/mol. The van der Waals surface area contributed by atoms with Crippen LogP contribution in [0.3, 0.4) is 0 Å². The van der Waals surface area contributed by atoms with Gasteiger partial charge in [0.2, 0.25) is 0 Å². The zero-order valence-electron chi connectivity index (χ0n) is 17.8. The molecule has 4 rings (SSSR count). The van der Waals surface area contributed by atoms with Crippen LogP contribution >= 0.6 is 11.3 Å². The van der Waals surface area contributed by atoms with Gasteiger partial charge in [-0.15, -0.1) is 11.3 Å². The fraction of sp³-hybridized carbons (Fsp3) is 0.160. The largest absolute Gasteiger partial charge is 0.493 e. The van der Waals surface area contributed by atoms with E-state index in [1.807, 2.05) is 44.2 Å². The first-order valence-corrected chi connectivity index (χ1v) is 10.8. The molecular weight excluding hydrogens is 424 g/mol. The first-order chi connectivity index (χ1) is 15.5. The number of ether oxygens (including phenoxy) is 2. The van der Waals surface area contributed by atoms with Gasteiger partial charge in [0, 0.05) is 10.8 Å². The number of hydrogen-bond acceptors (Lipinski definition) is 7. The molecule has 0 saturated heterocycles. The van der Waals surface area contributed by atoms with Crippen molar-refractivity contribution in [2.45, 2.75) is 20.0 Å². The Labute approximate surface area is 189 Å². The number of para-hydroxylation sites is 1. The van der Waals surface area contributed by atoms with Crippen molar-refractivity contribution in [2.24, 2.45) is 0 Å². The van der Waals surface area contributed by atoms with E-state index in [1.54, 1.807) is 36.8 Å². The average Bonchev–Trinajstić information content (AvgIpc) is 3.26. The third-order valence-corrected chi connectivity index (χ3v) is 5.51. The summed E-state index contributed by atoms with van der Waals surface area (Å²) in [7, 11) is 1.58. The molecular formula is C25H20N2O4S. The Hall–Kier alpha value is -3.89. The number of benzene rings is 2. The van der Waals surface area contributed by atoms with Crippen molar-refractivity contribution in [3.8, 4) is 28.8 Å². The van der Waals surface area contributed by atoms with Gasteiger partial charge in [0.25, 0.3) is 0 Å². The van der Waals surface area contributed by atoms with Gasteiger partial charge in [-0.05, 0) is 49.8 Å². The van der Waals surface area contributed by atoms with E-state index in [9.17, 15) is 10.1 Å². The molecule has 2 heterocycles. The summed E-state index contributed by atoms with van der Waals surface area (Å²) in [6.07, 6.45) is 1.71. The molecule has 0 unspecified atom stereocenters. The van der Waals surface area contributed by atoms with Crippen LogP contribution in [0.25, 0.3) is 33.9 Å². The Bertz CT molecular complexity index is 1410. The van der Waals surface area contributed by atoms with Crippen LogP contribution in [0.4, 0.5) is 0 Å². The van der Waals surface area contributed by atoms with Gasteiger partial charge in [-0.1, -0.05) is 24.3 Å². The molecule has 0 bridgehead atoms. The molecule has 0 aliphatic heterocycles. The van der Waals surface area contributed by atoms with E-state index in [-0.39, 0.29) is 6.10 Å². The molecule has 4 aromatic rings. The minimum Gasteiger partial charge on any atom is -0.493 e. The minimum absolute atomic E-state index is 0.0197. The van der Waals surface area contributed by atoms with Gasteiger partial charge in [-0.2, -0.15) is 5.26 Å². The van der Waals surface area contributed by atoms with Gasteiger partial charge < -0.3 is 13.9 Å². The average molecular weight is 445 g/mol. The van der Waals surface area contributed by atoms with Crippen LogP contribution in [0.15, 0.2) is 63.1 Å². The Morgan fingerprint density at radius 1 is 1.19 bits per heavy atom. The molecule has 0 spiro atoms. The van der Waals surface area contributed by atoms with Crippen molar-refractivity contribution in [1.29, 1.82) is 5.26 Å². The summed E-state index contributed by atoms with van der Waals surface area (Å²) >= 11 is 1.29. The van der Waals surface area contributed by atoms with Gasteiger partial charge in [-0.3, -0.25) is 0 Å². The Balaban J connectivity index is 1.70. The summed E-state index contributed by atoms with van der Waals surface area (Å²) in [5, 5.41) is 12.8. The standard InChI is InChI=1S/C25H20N2O4S/c1-15(2)30-23-11-16(8-9-22(23)29-3)10-18(13-26)24-27-20(14-32-24)19-12-17-6-4-5-7-21(17)31-25(19)28/h4-12,14-15H,1-3H3/b18-10+. The van der Waals surface area contributed by atoms with Gasteiger partial charge in [0.15, 0.2) is 11.5 Å². The first-order valence-electron chi connectivity index (χ1n) is 9.94. The zero-order valence-corrected chi connectivity index (χ0v) is 18.6. The smallest absolute Gasteiger partial charge is 0.345 e. The first kappa shape index (κ1) is 21.3. The monoisotopic (exact) mass is 444 g/mol. The van der Waals surface area contributed by atoms with Gasteiger partial charge in [-0.25, -0.2) is 9.78 Å². The lowest BCUT2D eigenvalue weighted by molar-refractivity contribution is 0.230. The van der Waals surface area contributed by atoms with E-state index < -0.39 is 5.63 Å². The maximum atomic E-state index is 12.5. The Morgan fingerprint density at radius 3 is 2.75 bits per heavy atom. The molecule has 0 N–H and O–H groups in total. The number of rotatable bonds is 6. The maximum absolute atomic E-state index is 12.5. The van der Waals surface area contributed by atoms with E-state index in [4.69, 9.17) is 13.9 Å². The van der Waals surface area contributed by atoms with Crippen LogP contribution < -0.4 is 15.1 Å². The summed E-state index contributed by atoms with van der Waals surface area (Å²) in [4.78, 5) is 17.0. The highest BCUT2D eigenvalue weighted by Gasteiger charge is 2.14. The number of nitriles is 1. The van der Waals surface area contributed by atoms with E-state index in [0.717, 1.165) is 10.9 Å². The van der Waals surface area contributed by atoms with Crippen molar-refractivity contribution in [3.63, 3.8) is 0 Å². The predicted octanol–water partition coefficient (Wildman–Crippen LogP) is 5.78. The van der Waals surface area contributed by atoms with Crippen molar-refractivity contribution < 1.29 is 13.9 Å². The van der Waals surface area contributed by atoms with E-state index in [0.29, 0.717) is 38.9 Å². The molecule has 0 atom stereocenters. The van der Waals surface area contributed by atoms with Crippen LogP contribution in [0.2, 0.25) is 0 Å². The highest BCUT2D eigenvalue weighted by atomic mass is 32.1. The fourth-order valence-electron chi connectivity index (χ4n) is 3.20. The minimum atomic E-state index is -0.464. The zero-order chi connectivity index (χ0) is 22.7. The molecule has 2 aromatic heterocycles. The normalized spacial score (nSPS) is 11.5. The van der Waals surface area contributed by atoms with Crippen LogP contribution in [0.5, 0.6) is 11.5 Å². The van der Waals surface area contributed by atoms with Crippen LogP contribution in [-0.2, 0) is 0 Å². The van der Waals surface area contributed by atoms with Crippen molar-refractivity contribution >= 4 is 34.0 Å². The molecule has 32 heavy (non-hydrogen) atoms. The molecule has 0 amide bonds.